The number of carbonyl (C=O) groups is 1. The minimum absolute atomic E-state index is 0.0550. The lowest BCUT2D eigenvalue weighted by Crippen LogP contribution is -2.38. The van der Waals surface area contributed by atoms with Crippen molar-refractivity contribution in [1.82, 2.24) is 10.6 Å². The zero-order valence-electron chi connectivity index (χ0n) is 11.5. The second-order valence-electron chi connectivity index (χ2n) is 5.05. The summed E-state index contributed by atoms with van der Waals surface area (Å²) in [7, 11) is 0. The Balaban J connectivity index is 1.61. The number of thioether (sulfide) groups is 1. The molecule has 0 spiro atoms. The van der Waals surface area contributed by atoms with E-state index in [1.807, 2.05) is 6.07 Å². The number of hydrogen-bond donors (Lipinski definition) is 2. The monoisotopic (exact) mass is 296 g/mol. The molecular weight excluding hydrogens is 275 g/mol. The molecule has 1 aromatic carbocycles. The van der Waals surface area contributed by atoms with Crippen molar-refractivity contribution in [2.24, 2.45) is 5.92 Å². The first-order valence-corrected chi connectivity index (χ1v) is 8.09. The fraction of sp³-hybridized carbons (Fsp3) is 0.533. The molecule has 0 saturated carbocycles. The van der Waals surface area contributed by atoms with Crippen molar-refractivity contribution < 1.29 is 9.18 Å². The first-order valence-electron chi connectivity index (χ1n) is 7.10. The van der Waals surface area contributed by atoms with E-state index in [0.29, 0.717) is 23.0 Å². The van der Waals surface area contributed by atoms with Gasteiger partial charge in [0.25, 0.3) is 0 Å². The molecule has 1 aromatic rings. The molecule has 1 aliphatic rings. The number of halogens is 1. The van der Waals surface area contributed by atoms with Crippen molar-refractivity contribution in [2.75, 3.05) is 25.4 Å². The molecule has 1 unspecified atom stereocenters. The van der Waals surface area contributed by atoms with Gasteiger partial charge in [-0.2, -0.15) is 0 Å². The zero-order valence-corrected chi connectivity index (χ0v) is 12.3. The van der Waals surface area contributed by atoms with Crippen LogP contribution in [0.4, 0.5) is 4.39 Å². The van der Waals surface area contributed by atoms with Crippen molar-refractivity contribution in [3.63, 3.8) is 0 Å². The number of amides is 1. The van der Waals surface area contributed by atoms with Gasteiger partial charge in [0.05, 0.1) is 0 Å². The molecule has 3 nitrogen and oxygen atoms in total. The van der Waals surface area contributed by atoms with Crippen LogP contribution in [0.3, 0.4) is 0 Å². The molecule has 2 N–H and O–H groups in total. The summed E-state index contributed by atoms with van der Waals surface area (Å²) in [6, 6.07) is 6.66. The van der Waals surface area contributed by atoms with Crippen LogP contribution in [0.5, 0.6) is 0 Å². The van der Waals surface area contributed by atoms with Gasteiger partial charge in [0.15, 0.2) is 0 Å². The summed E-state index contributed by atoms with van der Waals surface area (Å²) in [6.07, 6.45) is 2.79. The molecule has 1 saturated heterocycles. The van der Waals surface area contributed by atoms with Gasteiger partial charge in [0.1, 0.15) is 5.82 Å². The van der Waals surface area contributed by atoms with Crippen LogP contribution in [-0.2, 0) is 4.79 Å². The molecule has 0 aliphatic carbocycles. The van der Waals surface area contributed by atoms with E-state index in [1.165, 1.54) is 30.7 Å². The van der Waals surface area contributed by atoms with Crippen molar-refractivity contribution in [3.8, 4) is 0 Å². The normalized spacial score (nSPS) is 18.8. The first-order chi connectivity index (χ1) is 9.75. The van der Waals surface area contributed by atoms with Gasteiger partial charge in [-0.1, -0.05) is 12.1 Å². The van der Waals surface area contributed by atoms with E-state index in [2.05, 4.69) is 10.6 Å². The van der Waals surface area contributed by atoms with E-state index in [1.54, 1.807) is 12.1 Å². The van der Waals surface area contributed by atoms with E-state index >= 15 is 0 Å². The third kappa shape index (κ3) is 5.13. The van der Waals surface area contributed by atoms with Crippen molar-refractivity contribution >= 4 is 17.7 Å². The molecule has 1 fully saturated rings. The Bertz CT molecular complexity index is 436. The molecule has 20 heavy (non-hydrogen) atoms. The van der Waals surface area contributed by atoms with Crippen LogP contribution in [0.1, 0.15) is 19.3 Å². The lowest BCUT2D eigenvalue weighted by molar-refractivity contribution is -0.120. The Morgan fingerprint density at radius 2 is 2.30 bits per heavy atom. The predicted molar refractivity (Wildman–Crippen MR) is 80.3 cm³/mol. The van der Waals surface area contributed by atoms with Gasteiger partial charge >= 0.3 is 0 Å². The summed E-state index contributed by atoms with van der Waals surface area (Å²) >= 11 is 1.39. The fourth-order valence-corrected chi connectivity index (χ4v) is 3.15. The van der Waals surface area contributed by atoms with Gasteiger partial charge < -0.3 is 10.6 Å². The second kappa shape index (κ2) is 8.27. The van der Waals surface area contributed by atoms with Crippen molar-refractivity contribution in [3.05, 3.63) is 30.1 Å². The van der Waals surface area contributed by atoms with Crippen LogP contribution in [0.25, 0.3) is 0 Å². The zero-order chi connectivity index (χ0) is 14.2. The molecule has 110 valence electrons. The Morgan fingerprint density at radius 1 is 1.45 bits per heavy atom. The Hall–Kier alpha value is -1.07. The van der Waals surface area contributed by atoms with Crippen LogP contribution in [0, 0.1) is 11.7 Å². The number of rotatable bonds is 6. The second-order valence-corrected chi connectivity index (χ2v) is 6.18. The molecule has 1 amide bonds. The highest BCUT2D eigenvalue weighted by molar-refractivity contribution is 7.99. The maximum Gasteiger partial charge on any atom is 0.220 e. The third-order valence-electron chi connectivity index (χ3n) is 3.41. The van der Waals surface area contributed by atoms with Crippen molar-refractivity contribution in [2.45, 2.75) is 24.2 Å². The maximum absolute atomic E-state index is 13.4. The molecule has 1 atom stereocenters. The summed E-state index contributed by atoms with van der Waals surface area (Å²) in [5, 5.41) is 6.30. The van der Waals surface area contributed by atoms with Gasteiger partial charge in [-0.25, -0.2) is 4.39 Å². The van der Waals surface area contributed by atoms with Gasteiger partial charge in [-0.15, -0.1) is 11.8 Å². The van der Waals surface area contributed by atoms with E-state index in [4.69, 9.17) is 0 Å². The molecule has 1 heterocycles. The maximum atomic E-state index is 13.4. The Labute approximate surface area is 123 Å². The SMILES string of the molecule is O=C(CCSc1ccccc1F)NCC1CCCNC1. The van der Waals surface area contributed by atoms with E-state index in [0.717, 1.165) is 19.6 Å². The lowest BCUT2D eigenvalue weighted by atomic mass is 10.00. The highest BCUT2D eigenvalue weighted by Crippen LogP contribution is 2.21. The van der Waals surface area contributed by atoms with E-state index in [9.17, 15) is 9.18 Å². The van der Waals surface area contributed by atoms with Gasteiger partial charge in [0.2, 0.25) is 5.91 Å². The summed E-state index contributed by atoms with van der Waals surface area (Å²) < 4.78 is 13.4. The van der Waals surface area contributed by atoms with Crippen LogP contribution in [0.2, 0.25) is 0 Å². The quantitative estimate of drug-likeness (QED) is 0.792. The predicted octanol–water partition coefficient (Wildman–Crippen LogP) is 2.42. The number of carbonyl (C=O) groups excluding carboxylic acids is 1. The molecule has 0 bridgehead atoms. The highest BCUT2D eigenvalue weighted by atomic mass is 32.2. The molecule has 2 rings (SSSR count). The molecular formula is C15H21FN2OS. The highest BCUT2D eigenvalue weighted by Gasteiger charge is 2.13. The average Bonchev–Trinajstić information content (AvgIpc) is 2.48. The number of benzene rings is 1. The number of nitrogens with one attached hydrogen (secondary N) is 2. The Morgan fingerprint density at radius 3 is 3.05 bits per heavy atom. The average molecular weight is 296 g/mol. The topological polar surface area (TPSA) is 41.1 Å². The van der Waals surface area contributed by atoms with Crippen LogP contribution < -0.4 is 10.6 Å². The number of hydrogen-bond acceptors (Lipinski definition) is 3. The largest absolute Gasteiger partial charge is 0.356 e. The standard InChI is InChI=1S/C15H21FN2OS/c16-13-5-1-2-6-14(13)20-9-7-15(19)18-11-12-4-3-8-17-10-12/h1-2,5-6,12,17H,3-4,7-11H2,(H,18,19). The molecule has 5 heteroatoms. The van der Waals surface area contributed by atoms with Gasteiger partial charge in [0, 0.05) is 23.6 Å². The van der Waals surface area contributed by atoms with E-state index in [-0.39, 0.29) is 11.7 Å². The van der Waals surface area contributed by atoms with Crippen LogP contribution in [-0.4, -0.2) is 31.3 Å². The summed E-state index contributed by atoms with van der Waals surface area (Å²) in [6.45, 7) is 2.82. The number of piperidine rings is 1. The van der Waals surface area contributed by atoms with Crippen LogP contribution in [0.15, 0.2) is 29.2 Å². The molecule has 0 radical (unpaired) electrons. The smallest absolute Gasteiger partial charge is 0.220 e. The fourth-order valence-electron chi connectivity index (χ4n) is 2.26. The summed E-state index contributed by atoms with van der Waals surface area (Å²) in [5.74, 6) is 0.993. The van der Waals surface area contributed by atoms with Gasteiger partial charge in [-0.3, -0.25) is 4.79 Å². The van der Waals surface area contributed by atoms with E-state index < -0.39 is 0 Å². The minimum Gasteiger partial charge on any atom is -0.356 e. The summed E-state index contributed by atoms with van der Waals surface area (Å²) in [5.41, 5.74) is 0. The third-order valence-corrected chi connectivity index (χ3v) is 4.46. The lowest BCUT2D eigenvalue weighted by Gasteiger charge is -2.22. The Kier molecular flexibility index (Phi) is 6.33. The van der Waals surface area contributed by atoms with Gasteiger partial charge in [-0.05, 0) is 44.0 Å². The molecule has 1 aliphatic heterocycles. The summed E-state index contributed by atoms with van der Waals surface area (Å²) in [4.78, 5) is 12.3. The minimum atomic E-state index is -0.216. The van der Waals surface area contributed by atoms with Crippen LogP contribution >= 0.6 is 11.8 Å². The molecule has 0 aromatic heterocycles. The first kappa shape index (κ1) is 15.3. The van der Waals surface area contributed by atoms with Crippen molar-refractivity contribution in [1.29, 1.82) is 0 Å².